The quantitative estimate of drug-likeness (QED) is 0.170. The maximum absolute atomic E-state index is 10.7. The molecule has 24 heavy (non-hydrogen) atoms. The second kappa shape index (κ2) is 18.7. The molecule has 1 unspecified atom stereocenters. The van der Waals surface area contributed by atoms with Crippen molar-refractivity contribution < 1.29 is 46.7 Å². The summed E-state index contributed by atoms with van der Waals surface area (Å²) in [6.07, 6.45) is 16.7. The van der Waals surface area contributed by atoms with E-state index in [1.807, 2.05) is 6.92 Å². The summed E-state index contributed by atoms with van der Waals surface area (Å²) in [5.41, 5.74) is 0. The minimum atomic E-state index is -4.57. The first-order chi connectivity index (χ1) is 11.0. The molecule has 0 rings (SSSR count). The van der Waals surface area contributed by atoms with E-state index < -0.39 is 16.5 Å². The molecule has 0 aliphatic rings. The van der Waals surface area contributed by atoms with Gasteiger partial charge in [-0.1, -0.05) is 97.3 Å². The summed E-state index contributed by atoms with van der Waals surface area (Å²) in [4.78, 5) is 0. The van der Waals surface area contributed by atoms with Crippen molar-refractivity contribution in [3.63, 3.8) is 0 Å². The average Bonchev–Trinajstić information content (AvgIpc) is 2.48. The number of hydrogen-bond donors (Lipinski definition) is 0. The number of unbranched alkanes of at least 4 members (excludes halogenated alkanes) is 11. The predicted molar refractivity (Wildman–Crippen MR) is 95.2 cm³/mol. The molecule has 0 N–H and O–H groups in total. The maximum atomic E-state index is 10.7. The molecule has 0 aromatic carbocycles. The smallest absolute Gasteiger partial charge is 0.726 e. The van der Waals surface area contributed by atoms with Gasteiger partial charge in [-0.3, -0.25) is 4.18 Å². The molecule has 0 aromatic heterocycles. The van der Waals surface area contributed by atoms with Gasteiger partial charge in [0.2, 0.25) is 10.4 Å². The molecule has 4 nitrogen and oxygen atoms in total. The molecule has 0 saturated heterocycles. The van der Waals surface area contributed by atoms with Crippen molar-refractivity contribution in [1.29, 1.82) is 0 Å². The van der Waals surface area contributed by atoms with Gasteiger partial charge in [-0.15, -0.1) is 0 Å². The third-order valence-electron chi connectivity index (χ3n) is 4.26. The molecular formula is C18H37NaO4S. The molecular weight excluding hydrogens is 335 g/mol. The van der Waals surface area contributed by atoms with Crippen LogP contribution in [0.3, 0.4) is 0 Å². The predicted octanol–water partition coefficient (Wildman–Crippen LogP) is 2.73. The van der Waals surface area contributed by atoms with Gasteiger partial charge in [-0.2, -0.15) is 0 Å². The monoisotopic (exact) mass is 372 g/mol. The minimum absolute atomic E-state index is 0. The van der Waals surface area contributed by atoms with E-state index in [0.717, 1.165) is 25.7 Å². The zero-order valence-electron chi connectivity index (χ0n) is 16.2. The summed E-state index contributed by atoms with van der Waals surface area (Å²) in [5.74, 6) is 0. The van der Waals surface area contributed by atoms with Gasteiger partial charge in [0.1, 0.15) is 0 Å². The van der Waals surface area contributed by atoms with Crippen LogP contribution in [0.1, 0.15) is 110 Å². The second-order valence-corrected chi connectivity index (χ2v) is 7.60. The normalized spacial score (nSPS) is 12.8. The summed E-state index contributed by atoms with van der Waals surface area (Å²) in [6, 6.07) is 0. The van der Waals surface area contributed by atoms with Crippen molar-refractivity contribution in [2.24, 2.45) is 0 Å². The fourth-order valence-electron chi connectivity index (χ4n) is 2.88. The van der Waals surface area contributed by atoms with Gasteiger partial charge in [-0.05, 0) is 12.8 Å². The third-order valence-corrected chi connectivity index (χ3v) is 4.77. The van der Waals surface area contributed by atoms with E-state index >= 15 is 0 Å². The van der Waals surface area contributed by atoms with Gasteiger partial charge >= 0.3 is 29.6 Å². The molecule has 0 fully saturated rings. The Morgan fingerprint density at radius 1 is 0.708 bits per heavy atom. The minimum Gasteiger partial charge on any atom is -0.726 e. The molecule has 0 bridgehead atoms. The number of hydrogen-bond acceptors (Lipinski definition) is 4. The first-order valence-electron chi connectivity index (χ1n) is 9.63. The first kappa shape index (κ1) is 27.1. The molecule has 140 valence electrons. The van der Waals surface area contributed by atoms with Gasteiger partial charge in [0.05, 0.1) is 6.10 Å². The zero-order chi connectivity index (χ0) is 17.4. The SMILES string of the molecule is CCCCCCCCCCCCCC(CCCC)OS(=O)(=O)[O-].[Na+]. The molecule has 0 aromatic rings. The van der Waals surface area contributed by atoms with Crippen molar-refractivity contribution in [2.45, 2.75) is 116 Å². The van der Waals surface area contributed by atoms with E-state index in [0.29, 0.717) is 12.8 Å². The van der Waals surface area contributed by atoms with E-state index in [1.54, 1.807) is 0 Å². The van der Waals surface area contributed by atoms with Gasteiger partial charge in [0, 0.05) is 0 Å². The summed E-state index contributed by atoms with van der Waals surface area (Å²) in [7, 11) is -4.57. The molecule has 1 atom stereocenters. The summed E-state index contributed by atoms with van der Waals surface area (Å²) in [5, 5.41) is 0. The average molecular weight is 373 g/mol. The second-order valence-electron chi connectivity index (χ2n) is 6.59. The van der Waals surface area contributed by atoms with Gasteiger partial charge < -0.3 is 4.55 Å². The molecule has 0 radical (unpaired) electrons. The first-order valence-corrected chi connectivity index (χ1v) is 11.0. The van der Waals surface area contributed by atoms with Gasteiger partial charge in [0.25, 0.3) is 0 Å². The molecule has 0 aliphatic heterocycles. The van der Waals surface area contributed by atoms with E-state index in [4.69, 9.17) is 0 Å². The van der Waals surface area contributed by atoms with Crippen LogP contribution in [-0.4, -0.2) is 19.1 Å². The van der Waals surface area contributed by atoms with Crippen LogP contribution in [0.2, 0.25) is 0 Å². The third kappa shape index (κ3) is 20.9. The number of rotatable bonds is 17. The molecule has 0 saturated carbocycles. The molecule has 0 spiro atoms. The zero-order valence-corrected chi connectivity index (χ0v) is 19.0. The Kier molecular flexibility index (Phi) is 21.1. The van der Waals surface area contributed by atoms with Gasteiger partial charge in [-0.25, -0.2) is 8.42 Å². The van der Waals surface area contributed by atoms with E-state index in [-0.39, 0.29) is 29.6 Å². The van der Waals surface area contributed by atoms with Gasteiger partial charge in [0.15, 0.2) is 0 Å². The van der Waals surface area contributed by atoms with Crippen LogP contribution in [0.4, 0.5) is 0 Å². The van der Waals surface area contributed by atoms with Crippen molar-refractivity contribution in [1.82, 2.24) is 0 Å². The Hall–Kier alpha value is 0.870. The van der Waals surface area contributed by atoms with Crippen molar-refractivity contribution in [3.05, 3.63) is 0 Å². The fraction of sp³-hybridized carbons (Fsp3) is 1.00. The van der Waals surface area contributed by atoms with E-state index in [9.17, 15) is 13.0 Å². The van der Waals surface area contributed by atoms with Crippen LogP contribution in [0, 0.1) is 0 Å². The topological polar surface area (TPSA) is 66.4 Å². The molecule has 0 aliphatic carbocycles. The van der Waals surface area contributed by atoms with Crippen LogP contribution < -0.4 is 29.6 Å². The maximum Gasteiger partial charge on any atom is 1.00 e. The summed E-state index contributed by atoms with van der Waals surface area (Å²) in [6.45, 7) is 4.29. The Morgan fingerprint density at radius 2 is 1.08 bits per heavy atom. The van der Waals surface area contributed by atoms with E-state index in [1.165, 1.54) is 57.8 Å². The van der Waals surface area contributed by atoms with E-state index in [2.05, 4.69) is 11.1 Å². The Balaban J connectivity index is 0. The Morgan fingerprint density at radius 3 is 1.50 bits per heavy atom. The largest absolute Gasteiger partial charge is 1.00 e. The van der Waals surface area contributed by atoms with Crippen LogP contribution in [0.25, 0.3) is 0 Å². The van der Waals surface area contributed by atoms with Crippen LogP contribution in [0.15, 0.2) is 0 Å². The molecule has 6 heteroatoms. The standard InChI is InChI=1S/C18H38O4S.Na/c1-3-5-7-8-9-10-11-12-13-14-15-17-18(16-6-4-2)22-23(19,20)21;/h18H,3-17H2,1-2H3,(H,19,20,21);/q;+1/p-1. The van der Waals surface area contributed by atoms with Crippen LogP contribution in [0.5, 0.6) is 0 Å². The summed E-state index contributed by atoms with van der Waals surface area (Å²) >= 11 is 0. The van der Waals surface area contributed by atoms with Crippen molar-refractivity contribution in [2.75, 3.05) is 0 Å². The van der Waals surface area contributed by atoms with Crippen molar-refractivity contribution >= 4 is 10.4 Å². The molecule has 0 heterocycles. The fourth-order valence-corrected chi connectivity index (χ4v) is 3.40. The molecule has 0 amide bonds. The summed E-state index contributed by atoms with van der Waals surface area (Å²) < 4.78 is 36.8. The van der Waals surface area contributed by atoms with Crippen LogP contribution >= 0.6 is 0 Å². The Bertz CT molecular complexity index is 347. The Labute approximate surface area is 172 Å². The van der Waals surface area contributed by atoms with Crippen molar-refractivity contribution in [3.8, 4) is 0 Å². The van der Waals surface area contributed by atoms with Crippen LogP contribution in [-0.2, 0) is 14.6 Å².